The molecule has 0 amide bonds. The summed E-state index contributed by atoms with van der Waals surface area (Å²) in [5, 5.41) is 0. The molecule has 1 atom stereocenters. The van der Waals surface area contributed by atoms with Gasteiger partial charge in [-0.3, -0.25) is 5.84 Å². The van der Waals surface area contributed by atoms with E-state index >= 15 is 0 Å². The maximum Gasteiger partial charge on any atom is 0.119 e. The molecular formula is C16H22N2O2. The number of nitrogens with one attached hydrogen (secondary N) is 1. The number of hydrogen-bond donors (Lipinski definition) is 2. The maximum atomic E-state index is 5.80. The van der Waals surface area contributed by atoms with Crippen molar-refractivity contribution >= 4 is 0 Å². The molecule has 3 N–H and O–H groups in total. The fourth-order valence-electron chi connectivity index (χ4n) is 2.66. The summed E-state index contributed by atoms with van der Waals surface area (Å²) in [4.78, 5) is 0. The second kappa shape index (κ2) is 5.69. The van der Waals surface area contributed by atoms with Gasteiger partial charge in [-0.2, -0.15) is 0 Å². The predicted molar refractivity (Wildman–Crippen MR) is 79.8 cm³/mol. The second-order valence-corrected chi connectivity index (χ2v) is 5.08. The Hall–Kier alpha value is -1.78. The minimum atomic E-state index is -0.0849. The molecule has 2 rings (SSSR count). The van der Waals surface area contributed by atoms with E-state index in [0.29, 0.717) is 0 Å². The molecule has 0 fully saturated rings. The van der Waals surface area contributed by atoms with Crippen LogP contribution in [0.25, 0.3) is 0 Å². The molecule has 0 aliphatic heterocycles. The molecule has 20 heavy (non-hydrogen) atoms. The highest BCUT2D eigenvalue weighted by Crippen LogP contribution is 2.33. The van der Waals surface area contributed by atoms with Gasteiger partial charge in [-0.05, 0) is 56.5 Å². The third kappa shape index (κ3) is 2.44. The van der Waals surface area contributed by atoms with Crippen LogP contribution in [0, 0.1) is 27.7 Å². The van der Waals surface area contributed by atoms with E-state index in [0.717, 1.165) is 39.5 Å². The number of furan rings is 1. The fraction of sp³-hybridized carbons (Fsp3) is 0.375. The Bertz CT molecular complexity index is 617. The van der Waals surface area contributed by atoms with E-state index in [1.54, 1.807) is 7.11 Å². The van der Waals surface area contributed by atoms with E-state index in [1.165, 1.54) is 0 Å². The van der Waals surface area contributed by atoms with Crippen LogP contribution in [0.4, 0.5) is 0 Å². The standard InChI is InChI=1S/C16H22N2O2/c1-9-8-13(19-5)6-7-14(9)16(18-17)15-10(2)11(3)20-12(15)4/h6-8,16,18H,17H2,1-5H3. The largest absolute Gasteiger partial charge is 0.497 e. The molecule has 0 saturated heterocycles. The number of hydrazine groups is 1. The third-order valence-electron chi connectivity index (χ3n) is 3.86. The molecule has 1 heterocycles. The number of methoxy groups -OCH3 is 1. The van der Waals surface area contributed by atoms with Crippen LogP contribution < -0.4 is 16.0 Å². The van der Waals surface area contributed by atoms with E-state index in [2.05, 4.69) is 19.3 Å². The van der Waals surface area contributed by atoms with E-state index in [4.69, 9.17) is 15.0 Å². The topological polar surface area (TPSA) is 60.4 Å². The van der Waals surface area contributed by atoms with Crippen molar-refractivity contribution in [1.82, 2.24) is 5.43 Å². The summed E-state index contributed by atoms with van der Waals surface area (Å²) in [7, 11) is 1.67. The first-order chi connectivity index (χ1) is 9.49. The van der Waals surface area contributed by atoms with Crippen molar-refractivity contribution in [3.05, 3.63) is 52.0 Å². The normalized spacial score (nSPS) is 12.5. The minimum absolute atomic E-state index is 0.0849. The van der Waals surface area contributed by atoms with Crippen molar-refractivity contribution in [3.8, 4) is 5.75 Å². The first-order valence-electron chi connectivity index (χ1n) is 6.66. The Balaban J connectivity index is 2.52. The van der Waals surface area contributed by atoms with Crippen LogP contribution in [-0.4, -0.2) is 7.11 Å². The lowest BCUT2D eigenvalue weighted by Crippen LogP contribution is -2.30. The van der Waals surface area contributed by atoms with Gasteiger partial charge >= 0.3 is 0 Å². The summed E-state index contributed by atoms with van der Waals surface area (Å²) in [5.74, 6) is 8.48. The number of nitrogens with two attached hydrogens (primary N) is 1. The first kappa shape index (κ1) is 14.6. The van der Waals surface area contributed by atoms with Crippen LogP contribution in [-0.2, 0) is 0 Å². The molecule has 1 aromatic heterocycles. The number of aryl methyl sites for hydroxylation is 3. The minimum Gasteiger partial charge on any atom is -0.497 e. The molecular weight excluding hydrogens is 252 g/mol. The van der Waals surface area contributed by atoms with Gasteiger partial charge in [-0.25, -0.2) is 5.43 Å². The van der Waals surface area contributed by atoms with Gasteiger partial charge in [0.2, 0.25) is 0 Å². The summed E-state index contributed by atoms with van der Waals surface area (Å²) in [6, 6.07) is 5.92. The van der Waals surface area contributed by atoms with Crippen molar-refractivity contribution in [2.45, 2.75) is 33.7 Å². The van der Waals surface area contributed by atoms with Crippen LogP contribution in [0.3, 0.4) is 0 Å². The number of benzene rings is 1. The van der Waals surface area contributed by atoms with Crippen molar-refractivity contribution in [3.63, 3.8) is 0 Å². The number of hydrogen-bond acceptors (Lipinski definition) is 4. The van der Waals surface area contributed by atoms with E-state index in [-0.39, 0.29) is 6.04 Å². The van der Waals surface area contributed by atoms with Gasteiger partial charge in [0.15, 0.2) is 0 Å². The molecule has 0 bridgehead atoms. The Morgan fingerprint density at radius 3 is 2.30 bits per heavy atom. The van der Waals surface area contributed by atoms with Gasteiger partial charge < -0.3 is 9.15 Å². The first-order valence-corrected chi connectivity index (χ1v) is 6.66. The third-order valence-corrected chi connectivity index (χ3v) is 3.86. The molecule has 0 spiro atoms. The van der Waals surface area contributed by atoms with Crippen LogP contribution in [0.15, 0.2) is 22.6 Å². The van der Waals surface area contributed by atoms with Gasteiger partial charge in [0.1, 0.15) is 17.3 Å². The Morgan fingerprint density at radius 1 is 1.15 bits per heavy atom. The quantitative estimate of drug-likeness (QED) is 0.664. The average molecular weight is 274 g/mol. The lowest BCUT2D eigenvalue weighted by atomic mass is 9.93. The van der Waals surface area contributed by atoms with Crippen LogP contribution in [0.1, 0.15) is 39.8 Å². The van der Waals surface area contributed by atoms with E-state index in [9.17, 15) is 0 Å². The van der Waals surface area contributed by atoms with Crippen molar-refractivity contribution in [2.24, 2.45) is 5.84 Å². The van der Waals surface area contributed by atoms with Crippen molar-refractivity contribution in [1.29, 1.82) is 0 Å². The highest BCUT2D eigenvalue weighted by atomic mass is 16.5. The molecule has 108 valence electrons. The fourth-order valence-corrected chi connectivity index (χ4v) is 2.66. The lowest BCUT2D eigenvalue weighted by Gasteiger charge is -2.20. The number of ether oxygens (including phenoxy) is 1. The van der Waals surface area contributed by atoms with Gasteiger partial charge in [0.25, 0.3) is 0 Å². The lowest BCUT2D eigenvalue weighted by molar-refractivity contribution is 0.414. The summed E-state index contributed by atoms with van der Waals surface area (Å²) >= 11 is 0. The van der Waals surface area contributed by atoms with Gasteiger partial charge in [-0.1, -0.05) is 6.07 Å². The highest BCUT2D eigenvalue weighted by Gasteiger charge is 2.23. The van der Waals surface area contributed by atoms with Crippen LogP contribution in [0.5, 0.6) is 5.75 Å². The summed E-state index contributed by atoms with van der Waals surface area (Å²) < 4.78 is 11.0. The molecule has 0 aliphatic carbocycles. The molecule has 0 aliphatic rings. The zero-order valence-electron chi connectivity index (χ0n) is 12.7. The Kier molecular flexibility index (Phi) is 4.16. The van der Waals surface area contributed by atoms with E-state index < -0.39 is 0 Å². The molecule has 0 radical (unpaired) electrons. The Labute approximate surface area is 119 Å². The smallest absolute Gasteiger partial charge is 0.119 e. The van der Waals surface area contributed by atoms with Gasteiger partial charge in [0, 0.05) is 5.56 Å². The van der Waals surface area contributed by atoms with E-state index in [1.807, 2.05) is 32.0 Å². The molecule has 4 heteroatoms. The van der Waals surface area contributed by atoms with Gasteiger partial charge in [-0.15, -0.1) is 0 Å². The van der Waals surface area contributed by atoms with Crippen LogP contribution in [0.2, 0.25) is 0 Å². The summed E-state index contributed by atoms with van der Waals surface area (Å²) in [6.45, 7) is 8.06. The Morgan fingerprint density at radius 2 is 1.85 bits per heavy atom. The highest BCUT2D eigenvalue weighted by molar-refractivity contribution is 5.45. The molecule has 1 unspecified atom stereocenters. The average Bonchev–Trinajstić information content (AvgIpc) is 2.67. The molecule has 0 saturated carbocycles. The van der Waals surface area contributed by atoms with Gasteiger partial charge in [0.05, 0.1) is 13.2 Å². The van der Waals surface area contributed by atoms with Crippen molar-refractivity contribution < 1.29 is 9.15 Å². The summed E-state index contributed by atoms with van der Waals surface area (Å²) in [5.41, 5.74) is 7.41. The summed E-state index contributed by atoms with van der Waals surface area (Å²) in [6.07, 6.45) is 0. The maximum absolute atomic E-state index is 5.80. The molecule has 4 nitrogen and oxygen atoms in total. The monoisotopic (exact) mass is 274 g/mol. The zero-order valence-corrected chi connectivity index (χ0v) is 12.7. The second-order valence-electron chi connectivity index (χ2n) is 5.08. The van der Waals surface area contributed by atoms with Crippen LogP contribution >= 0.6 is 0 Å². The van der Waals surface area contributed by atoms with Crippen molar-refractivity contribution in [2.75, 3.05) is 7.11 Å². The molecule has 2 aromatic rings. The number of rotatable bonds is 4. The molecule has 1 aromatic carbocycles. The zero-order chi connectivity index (χ0) is 14.9. The SMILES string of the molecule is COc1ccc(C(NN)c2c(C)oc(C)c2C)c(C)c1. The predicted octanol–water partition coefficient (Wildman–Crippen LogP) is 3.07.